The van der Waals surface area contributed by atoms with Crippen molar-refractivity contribution in [1.82, 2.24) is 5.32 Å². The summed E-state index contributed by atoms with van der Waals surface area (Å²) in [6.45, 7) is 0.859. The molecule has 1 atom stereocenters. The highest BCUT2D eigenvalue weighted by atomic mass is 35.5. The molecule has 102 valence electrons. The molecule has 0 radical (unpaired) electrons. The van der Waals surface area contributed by atoms with E-state index in [2.05, 4.69) is 10.1 Å². The standard InChI is InChI=1S/C11H12F3NO2.ClH/c1-16-10-3-2-7(17-11(12,13)14)6-8(10)9-4-5-15-9;/h2-3,6,9,15H,4-5H2,1H3;1H/t9-;/m1./s1. The summed E-state index contributed by atoms with van der Waals surface area (Å²) < 4.78 is 45.2. The van der Waals surface area contributed by atoms with Gasteiger partial charge >= 0.3 is 6.36 Å². The molecule has 0 bridgehead atoms. The van der Waals surface area contributed by atoms with E-state index >= 15 is 0 Å². The highest BCUT2D eigenvalue weighted by Crippen LogP contribution is 2.35. The Bertz CT molecular complexity index is 408. The van der Waals surface area contributed by atoms with Crippen LogP contribution in [0.15, 0.2) is 18.2 Å². The summed E-state index contributed by atoms with van der Waals surface area (Å²) in [4.78, 5) is 0. The maximum absolute atomic E-state index is 12.1. The molecule has 2 rings (SSSR count). The Morgan fingerprint density at radius 2 is 2.00 bits per heavy atom. The lowest BCUT2D eigenvalue weighted by Crippen LogP contribution is -2.35. The predicted molar refractivity (Wildman–Crippen MR) is 62.3 cm³/mol. The van der Waals surface area contributed by atoms with Gasteiger partial charge in [0.1, 0.15) is 11.5 Å². The van der Waals surface area contributed by atoms with Gasteiger partial charge in [-0.3, -0.25) is 0 Å². The van der Waals surface area contributed by atoms with Crippen LogP contribution in [0.2, 0.25) is 0 Å². The van der Waals surface area contributed by atoms with Gasteiger partial charge in [0, 0.05) is 11.6 Å². The summed E-state index contributed by atoms with van der Waals surface area (Å²) in [6.07, 6.45) is -3.79. The Morgan fingerprint density at radius 3 is 2.44 bits per heavy atom. The van der Waals surface area contributed by atoms with Crippen molar-refractivity contribution in [3.63, 3.8) is 0 Å². The molecule has 3 nitrogen and oxygen atoms in total. The number of halogens is 4. The lowest BCUT2D eigenvalue weighted by atomic mass is 9.97. The van der Waals surface area contributed by atoms with Crippen molar-refractivity contribution in [1.29, 1.82) is 0 Å². The summed E-state index contributed by atoms with van der Waals surface area (Å²) in [7, 11) is 1.49. The van der Waals surface area contributed by atoms with Crippen molar-refractivity contribution in [2.24, 2.45) is 0 Å². The number of benzene rings is 1. The Morgan fingerprint density at radius 1 is 1.33 bits per heavy atom. The van der Waals surface area contributed by atoms with E-state index in [9.17, 15) is 13.2 Å². The number of ether oxygens (including phenoxy) is 2. The fraction of sp³-hybridized carbons (Fsp3) is 0.455. The van der Waals surface area contributed by atoms with Crippen molar-refractivity contribution in [3.05, 3.63) is 23.8 Å². The monoisotopic (exact) mass is 283 g/mol. The van der Waals surface area contributed by atoms with E-state index in [1.807, 2.05) is 0 Å². The predicted octanol–water partition coefficient (Wildman–Crippen LogP) is 3.05. The van der Waals surface area contributed by atoms with Crippen molar-refractivity contribution in [2.45, 2.75) is 18.8 Å². The molecule has 0 aromatic heterocycles. The van der Waals surface area contributed by atoms with Crippen LogP contribution >= 0.6 is 12.4 Å². The first kappa shape index (κ1) is 14.9. The van der Waals surface area contributed by atoms with Crippen LogP contribution < -0.4 is 14.8 Å². The van der Waals surface area contributed by atoms with E-state index < -0.39 is 6.36 Å². The minimum atomic E-state index is -4.67. The van der Waals surface area contributed by atoms with Crippen LogP contribution in [0, 0.1) is 0 Å². The molecular weight excluding hydrogens is 271 g/mol. The summed E-state index contributed by atoms with van der Waals surface area (Å²) >= 11 is 0. The van der Waals surface area contributed by atoms with Gasteiger partial charge in [-0.25, -0.2) is 0 Å². The van der Waals surface area contributed by atoms with Crippen LogP contribution in [0.25, 0.3) is 0 Å². The van der Waals surface area contributed by atoms with Gasteiger partial charge in [0.15, 0.2) is 0 Å². The number of hydrogen-bond donors (Lipinski definition) is 1. The van der Waals surface area contributed by atoms with Crippen molar-refractivity contribution >= 4 is 12.4 Å². The Kier molecular flexibility index (Phi) is 4.70. The zero-order valence-electron chi connectivity index (χ0n) is 9.58. The zero-order valence-corrected chi connectivity index (χ0v) is 10.4. The van der Waals surface area contributed by atoms with Crippen LogP contribution in [-0.2, 0) is 0 Å². The third-order valence-electron chi connectivity index (χ3n) is 2.63. The fourth-order valence-electron chi connectivity index (χ4n) is 1.74. The van der Waals surface area contributed by atoms with Gasteiger partial charge in [0.05, 0.1) is 7.11 Å². The van der Waals surface area contributed by atoms with Crippen molar-refractivity contribution in [2.75, 3.05) is 13.7 Å². The van der Waals surface area contributed by atoms with E-state index in [1.165, 1.54) is 25.3 Å². The molecule has 1 saturated heterocycles. The number of alkyl halides is 3. The molecule has 0 amide bonds. The molecule has 0 spiro atoms. The van der Waals surface area contributed by atoms with E-state index in [0.29, 0.717) is 11.3 Å². The van der Waals surface area contributed by atoms with Gasteiger partial charge in [-0.1, -0.05) is 0 Å². The molecule has 1 aromatic rings. The summed E-state index contributed by atoms with van der Waals surface area (Å²) in [5.74, 6) is 0.346. The van der Waals surface area contributed by atoms with Crippen LogP contribution in [0.3, 0.4) is 0 Å². The molecule has 1 heterocycles. The van der Waals surface area contributed by atoms with Crippen molar-refractivity contribution < 1.29 is 22.6 Å². The average molecular weight is 284 g/mol. The topological polar surface area (TPSA) is 30.5 Å². The van der Waals surface area contributed by atoms with Gasteiger partial charge in [-0.05, 0) is 31.2 Å². The van der Waals surface area contributed by atoms with Crippen LogP contribution in [0.1, 0.15) is 18.0 Å². The van der Waals surface area contributed by atoms with E-state index in [0.717, 1.165) is 13.0 Å². The first-order valence-corrected chi connectivity index (χ1v) is 5.16. The first-order chi connectivity index (χ1) is 7.99. The van der Waals surface area contributed by atoms with E-state index in [4.69, 9.17) is 4.74 Å². The molecule has 1 N–H and O–H groups in total. The lowest BCUT2D eigenvalue weighted by Gasteiger charge is -2.29. The smallest absolute Gasteiger partial charge is 0.496 e. The highest BCUT2D eigenvalue weighted by molar-refractivity contribution is 5.85. The molecule has 0 saturated carbocycles. The van der Waals surface area contributed by atoms with Gasteiger partial charge in [0.2, 0.25) is 0 Å². The maximum atomic E-state index is 12.1. The van der Waals surface area contributed by atoms with E-state index in [-0.39, 0.29) is 24.2 Å². The molecule has 0 aliphatic carbocycles. The van der Waals surface area contributed by atoms with Gasteiger partial charge in [-0.2, -0.15) is 0 Å². The lowest BCUT2D eigenvalue weighted by molar-refractivity contribution is -0.274. The third kappa shape index (κ3) is 3.43. The zero-order chi connectivity index (χ0) is 12.5. The quantitative estimate of drug-likeness (QED) is 0.925. The molecular formula is C11H13ClF3NO2. The Balaban J connectivity index is 0.00000162. The molecule has 1 fully saturated rings. The molecule has 1 aromatic carbocycles. The second kappa shape index (κ2) is 5.67. The van der Waals surface area contributed by atoms with Gasteiger partial charge < -0.3 is 14.8 Å². The number of rotatable bonds is 3. The van der Waals surface area contributed by atoms with Crippen LogP contribution in [0.4, 0.5) is 13.2 Å². The number of methoxy groups -OCH3 is 1. The summed E-state index contributed by atoms with van der Waals surface area (Å²) in [5, 5.41) is 3.11. The molecule has 1 aliphatic heterocycles. The molecule has 7 heteroatoms. The minimum absolute atomic E-state index is 0. The van der Waals surface area contributed by atoms with Gasteiger partial charge in [-0.15, -0.1) is 25.6 Å². The number of hydrogen-bond acceptors (Lipinski definition) is 3. The maximum Gasteiger partial charge on any atom is 0.573 e. The van der Waals surface area contributed by atoms with Gasteiger partial charge in [0.25, 0.3) is 0 Å². The molecule has 18 heavy (non-hydrogen) atoms. The Labute approximate surface area is 109 Å². The first-order valence-electron chi connectivity index (χ1n) is 5.16. The summed E-state index contributed by atoms with van der Waals surface area (Å²) in [5.41, 5.74) is 0.695. The molecule has 1 aliphatic rings. The van der Waals surface area contributed by atoms with Crippen LogP contribution in [-0.4, -0.2) is 20.0 Å². The van der Waals surface area contributed by atoms with E-state index in [1.54, 1.807) is 0 Å². The fourth-order valence-corrected chi connectivity index (χ4v) is 1.74. The molecule has 0 unspecified atom stereocenters. The third-order valence-corrected chi connectivity index (χ3v) is 2.63. The SMILES string of the molecule is COc1ccc(OC(F)(F)F)cc1[C@H]1CCN1.Cl. The Hall–Kier alpha value is -1.14. The number of nitrogens with one attached hydrogen (secondary N) is 1. The average Bonchev–Trinajstić information content (AvgIpc) is 2.13. The largest absolute Gasteiger partial charge is 0.573 e. The normalized spacial score (nSPS) is 18.6. The summed E-state index contributed by atoms with van der Waals surface area (Å²) in [6, 6.07) is 4.13. The highest BCUT2D eigenvalue weighted by Gasteiger charge is 2.32. The second-order valence-corrected chi connectivity index (χ2v) is 3.75. The second-order valence-electron chi connectivity index (χ2n) is 3.75. The van der Waals surface area contributed by atoms with Crippen LogP contribution in [0.5, 0.6) is 11.5 Å². The minimum Gasteiger partial charge on any atom is -0.496 e. The van der Waals surface area contributed by atoms with Crippen molar-refractivity contribution in [3.8, 4) is 11.5 Å².